The van der Waals surface area contributed by atoms with Gasteiger partial charge < -0.3 is 10.2 Å². The summed E-state index contributed by atoms with van der Waals surface area (Å²) in [5.41, 5.74) is 1.81. The summed E-state index contributed by atoms with van der Waals surface area (Å²) in [6, 6.07) is 6.20. The predicted octanol–water partition coefficient (Wildman–Crippen LogP) is 3.29. The Hall–Kier alpha value is -2.28. The zero-order chi connectivity index (χ0) is 20.3. The van der Waals surface area contributed by atoms with Gasteiger partial charge in [0.25, 0.3) is 0 Å². The summed E-state index contributed by atoms with van der Waals surface area (Å²) < 4.78 is 13.3. The Labute approximate surface area is 169 Å². The van der Waals surface area contributed by atoms with Gasteiger partial charge in [0, 0.05) is 43.3 Å². The minimum absolute atomic E-state index is 0.0212. The van der Waals surface area contributed by atoms with E-state index in [1.165, 1.54) is 12.1 Å². The van der Waals surface area contributed by atoms with E-state index < -0.39 is 0 Å². The molecule has 0 bridgehead atoms. The van der Waals surface area contributed by atoms with Crippen molar-refractivity contribution < 1.29 is 14.0 Å². The van der Waals surface area contributed by atoms with Gasteiger partial charge in [-0.25, -0.2) is 9.37 Å². The molecule has 0 spiro atoms. The van der Waals surface area contributed by atoms with Crippen LogP contribution < -0.4 is 5.32 Å². The first-order valence-electron chi connectivity index (χ1n) is 9.47. The summed E-state index contributed by atoms with van der Waals surface area (Å²) in [4.78, 5) is 30.9. The molecule has 2 amide bonds. The fraction of sp³-hybridized carbons (Fsp3) is 0.476. The molecule has 7 heteroatoms. The van der Waals surface area contributed by atoms with Crippen LogP contribution in [0.25, 0.3) is 0 Å². The van der Waals surface area contributed by atoms with Crippen LogP contribution in [0, 0.1) is 11.7 Å². The molecule has 2 heterocycles. The summed E-state index contributed by atoms with van der Waals surface area (Å²) in [5, 5.41) is 5.99. The molecule has 150 valence electrons. The Morgan fingerprint density at radius 3 is 2.86 bits per heavy atom. The van der Waals surface area contributed by atoms with Crippen LogP contribution in [0.2, 0.25) is 0 Å². The third-order valence-corrected chi connectivity index (χ3v) is 5.71. The number of hydrogen-bond donors (Lipinski definition) is 1. The van der Waals surface area contributed by atoms with Crippen LogP contribution in [0.1, 0.15) is 43.5 Å². The molecular formula is C21H26FN3O2S. The number of carbonyl (C=O) groups excluding carboxylic acids is 2. The minimum atomic E-state index is -0.359. The fourth-order valence-corrected chi connectivity index (χ4v) is 4.19. The molecule has 1 saturated heterocycles. The Bertz CT molecular complexity index is 859. The van der Waals surface area contributed by atoms with Gasteiger partial charge in [-0.05, 0) is 17.7 Å². The monoisotopic (exact) mass is 403 g/mol. The lowest BCUT2D eigenvalue weighted by atomic mass is 9.93. The number of nitrogens with one attached hydrogen (secondary N) is 1. The lowest BCUT2D eigenvalue weighted by Crippen LogP contribution is -2.34. The van der Waals surface area contributed by atoms with Crippen molar-refractivity contribution in [3.05, 3.63) is 51.7 Å². The summed E-state index contributed by atoms with van der Waals surface area (Å²) in [7, 11) is 0. The lowest BCUT2D eigenvalue weighted by molar-refractivity contribution is -0.129. The van der Waals surface area contributed by atoms with E-state index in [9.17, 15) is 14.0 Å². The average Bonchev–Trinajstić information content (AvgIpc) is 3.22. The molecular weight excluding hydrogens is 377 g/mol. The van der Waals surface area contributed by atoms with Crippen LogP contribution in [0.4, 0.5) is 4.39 Å². The van der Waals surface area contributed by atoms with Crippen molar-refractivity contribution in [2.75, 3.05) is 13.1 Å². The molecule has 28 heavy (non-hydrogen) atoms. The van der Waals surface area contributed by atoms with Crippen molar-refractivity contribution in [3.63, 3.8) is 0 Å². The molecule has 1 fully saturated rings. The average molecular weight is 404 g/mol. The molecule has 2 aromatic rings. The SMILES string of the molecule is CC(C)(C)c1csc(CCNC(=O)[C@H]2CC(=O)N(Cc3cccc(F)c3)C2)n1. The Morgan fingerprint density at radius 2 is 2.18 bits per heavy atom. The highest BCUT2D eigenvalue weighted by atomic mass is 32.1. The normalized spacial score (nSPS) is 17.2. The number of nitrogens with zero attached hydrogens (tertiary/aromatic N) is 2. The number of likely N-dealkylation sites (tertiary alicyclic amines) is 1. The molecule has 0 radical (unpaired) electrons. The standard InChI is InChI=1S/C21H26FN3O2S/c1-21(2,3)17-13-28-18(24-17)7-8-23-20(27)15-10-19(26)25(12-15)11-14-5-4-6-16(22)9-14/h4-6,9,13,15H,7-8,10-12H2,1-3H3,(H,23,27)/t15-/m0/s1. The predicted molar refractivity (Wildman–Crippen MR) is 107 cm³/mol. The van der Waals surface area contributed by atoms with E-state index in [1.54, 1.807) is 28.4 Å². The van der Waals surface area contributed by atoms with Crippen molar-refractivity contribution >= 4 is 23.2 Å². The lowest BCUT2D eigenvalue weighted by Gasteiger charge is -2.16. The highest BCUT2D eigenvalue weighted by molar-refractivity contribution is 7.09. The number of carbonyl (C=O) groups is 2. The second-order valence-corrected chi connectivity index (χ2v) is 9.17. The van der Waals surface area contributed by atoms with E-state index in [4.69, 9.17) is 0 Å². The Balaban J connectivity index is 1.47. The zero-order valence-electron chi connectivity index (χ0n) is 16.5. The van der Waals surface area contributed by atoms with E-state index in [-0.39, 0.29) is 35.4 Å². The van der Waals surface area contributed by atoms with E-state index in [0.717, 1.165) is 16.3 Å². The van der Waals surface area contributed by atoms with Crippen LogP contribution in [0.5, 0.6) is 0 Å². The summed E-state index contributed by atoms with van der Waals surface area (Å²) in [5.74, 6) is -0.861. The van der Waals surface area contributed by atoms with Gasteiger partial charge in [0.05, 0.1) is 16.6 Å². The number of halogens is 1. The summed E-state index contributed by atoms with van der Waals surface area (Å²) in [6.45, 7) is 7.58. The van der Waals surface area contributed by atoms with Crippen LogP contribution in [-0.4, -0.2) is 34.8 Å². The highest BCUT2D eigenvalue weighted by Gasteiger charge is 2.34. The molecule has 0 saturated carbocycles. The second-order valence-electron chi connectivity index (χ2n) is 8.22. The van der Waals surface area contributed by atoms with Crippen LogP contribution >= 0.6 is 11.3 Å². The van der Waals surface area contributed by atoms with E-state index in [2.05, 4.69) is 36.5 Å². The molecule has 1 aromatic carbocycles. The van der Waals surface area contributed by atoms with E-state index in [1.807, 2.05) is 0 Å². The number of hydrogen-bond acceptors (Lipinski definition) is 4. The maximum absolute atomic E-state index is 13.3. The van der Waals surface area contributed by atoms with Gasteiger partial charge in [-0.2, -0.15) is 0 Å². The second kappa shape index (κ2) is 8.39. The minimum Gasteiger partial charge on any atom is -0.355 e. The van der Waals surface area contributed by atoms with Gasteiger partial charge in [0.1, 0.15) is 5.82 Å². The number of thiazole rings is 1. The maximum Gasteiger partial charge on any atom is 0.225 e. The summed E-state index contributed by atoms with van der Waals surface area (Å²) >= 11 is 1.61. The zero-order valence-corrected chi connectivity index (χ0v) is 17.3. The van der Waals surface area contributed by atoms with Crippen LogP contribution in [-0.2, 0) is 28.0 Å². The first-order chi connectivity index (χ1) is 13.2. The van der Waals surface area contributed by atoms with Gasteiger partial charge >= 0.3 is 0 Å². The number of aromatic nitrogens is 1. The molecule has 5 nitrogen and oxygen atoms in total. The van der Waals surface area contributed by atoms with E-state index >= 15 is 0 Å². The third-order valence-electron chi connectivity index (χ3n) is 4.81. The molecule has 1 N–H and O–H groups in total. The van der Waals surface area contributed by atoms with E-state index in [0.29, 0.717) is 26.1 Å². The number of benzene rings is 1. The van der Waals surface area contributed by atoms with Crippen LogP contribution in [0.3, 0.4) is 0 Å². The van der Waals surface area contributed by atoms with Crippen molar-refractivity contribution in [2.45, 2.75) is 45.6 Å². The Morgan fingerprint density at radius 1 is 1.39 bits per heavy atom. The largest absolute Gasteiger partial charge is 0.355 e. The first-order valence-corrected chi connectivity index (χ1v) is 10.3. The molecule has 1 aromatic heterocycles. The van der Waals surface area contributed by atoms with Gasteiger partial charge in [0.15, 0.2) is 0 Å². The van der Waals surface area contributed by atoms with Gasteiger partial charge in [0.2, 0.25) is 11.8 Å². The molecule has 1 aliphatic rings. The van der Waals surface area contributed by atoms with Gasteiger partial charge in [-0.1, -0.05) is 32.9 Å². The van der Waals surface area contributed by atoms with Crippen LogP contribution in [0.15, 0.2) is 29.6 Å². The molecule has 0 unspecified atom stereocenters. The molecule has 0 aliphatic carbocycles. The first kappa shape index (κ1) is 20.5. The highest BCUT2D eigenvalue weighted by Crippen LogP contribution is 2.24. The Kier molecular flexibility index (Phi) is 6.13. The fourth-order valence-electron chi connectivity index (χ4n) is 3.16. The van der Waals surface area contributed by atoms with Crippen molar-refractivity contribution in [2.24, 2.45) is 5.92 Å². The summed E-state index contributed by atoms with van der Waals surface area (Å²) in [6.07, 6.45) is 0.882. The quantitative estimate of drug-likeness (QED) is 0.805. The number of amides is 2. The van der Waals surface area contributed by atoms with Crippen molar-refractivity contribution in [3.8, 4) is 0 Å². The number of rotatable bonds is 6. The smallest absolute Gasteiger partial charge is 0.225 e. The van der Waals surface area contributed by atoms with Crippen molar-refractivity contribution in [1.82, 2.24) is 15.2 Å². The molecule has 1 atom stereocenters. The maximum atomic E-state index is 13.3. The third kappa shape index (κ3) is 5.16. The van der Waals surface area contributed by atoms with Crippen molar-refractivity contribution in [1.29, 1.82) is 0 Å². The topological polar surface area (TPSA) is 62.3 Å². The molecule has 1 aliphatic heterocycles. The van der Waals surface area contributed by atoms with Gasteiger partial charge in [-0.15, -0.1) is 11.3 Å². The van der Waals surface area contributed by atoms with Gasteiger partial charge in [-0.3, -0.25) is 9.59 Å². The molecule has 3 rings (SSSR count).